The molecule has 18 heteroatoms. The van der Waals surface area contributed by atoms with E-state index in [1.165, 1.54) is 21.2 Å². The van der Waals surface area contributed by atoms with Gasteiger partial charge in [0.05, 0.1) is 65.3 Å². The molecule has 7 heterocycles. The first-order chi connectivity index (χ1) is 30.5. The van der Waals surface area contributed by atoms with Gasteiger partial charge in [0, 0.05) is 79.5 Å². The smallest absolute Gasteiger partial charge is 0.401 e. The van der Waals surface area contributed by atoms with Crippen molar-refractivity contribution in [1.82, 2.24) is 35.2 Å². The Morgan fingerprint density at radius 1 is 1.08 bits per heavy atom. The summed E-state index contributed by atoms with van der Waals surface area (Å²) < 4.78 is 60.6. The molecule has 1 unspecified atom stereocenters. The number of thiazole rings is 1. The van der Waals surface area contributed by atoms with Crippen molar-refractivity contribution in [3.8, 4) is 28.3 Å². The molecule has 6 atom stereocenters. The molecular weight excluding hydrogens is 850 g/mol. The fourth-order valence-corrected chi connectivity index (χ4v) is 10.8. The van der Waals surface area contributed by atoms with Crippen LogP contribution in [0.4, 0.5) is 18.9 Å². The molecule has 2 N–H and O–H groups in total. The summed E-state index contributed by atoms with van der Waals surface area (Å²) in [7, 11) is 1.64. The maximum Gasteiger partial charge on any atom is 0.401 e. The summed E-state index contributed by atoms with van der Waals surface area (Å²) >= 11 is 1.42. The van der Waals surface area contributed by atoms with Crippen LogP contribution in [0.1, 0.15) is 69.8 Å². The number of pyridine rings is 1. The number of piperazine rings is 1. The van der Waals surface area contributed by atoms with E-state index in [4.69, 9.17) is 24.2 Å². The second kappa shape index (κ2) is 17.2. The third-order valence-corrected chi connectivity index (χ3v) is 14.7. The van der Waals surface area contributed by atoms with Crippen LogP contribution in [0, 0.1) is 23.2 Å². The fraction of sp³-hybridized carbons (Fsp3) is 0.587. The Hall–Kier alpha value is -4.78. The number of hydrogen-bond acceptors (Lipinski definition) is 12. The Morgan fingerprint density at radius 2 is 1.84 bits per heavy atom. The highest BCUT2D eigenvalue weighted by Gasteiger charge is 2.49. The number of nitrogens with one attached hydrogen (secondary N) is 2. The van der Waals surface area contributed by atoms with E-state index in [9.17, 15) is 27.6 Å². The summed E-state index contributed by atoms with van der Waals surface area (Å²) in [4.78, 5) is 55.2. The van der Waals surface area contributed by atoms with Crippen molar-refractivity contribution < 1.29 is 41.8 Å². The number of nitrogens with zero attached hydrogens (tertiary/aromatic N) is 6. The number of fused-ring (bicyclic) bond motifs is 6. The maximum atomic E-state index is 14.3. The van der Waals surface area contributed by atoms with Gasteiger partial charge in [-0.25, -0.2) is 10.4 Å². The molecule has 4 aliphatic heterocycles. The lowest BCUT2D eigenvalue weighted by molar-refractivity contribution is -0.155. The van der Waals surface area contributed by atoms with Crippen LogP contribution in [0.15, 0.2) is 29.8 Å². The topological polar surface area (TPSA) is 143 Å². The molecule has 2 amide bonds. The Balaban J connectivity index is 1.16. The number of ether oxygens (including phenoxy) is 3. The number of alkyl halides is 3. The van der Waals surface area contributed by atoms with Crippen molar-refractivity contribution in [3.63, 3.8) is 0 Å². The van der Waals surface area contributed by atoms with Crippen LogP contribution in [0.3, 0.4) is 0 Å². The molecule has 4 aromatic rings. The number of carbonyl (C=O) groups is 3. The van der Waals surface area contributed by atoms with Crippen molar-refractivity contribution >= 4 is 45.7 Å². The van der Waals surface area contributed by atoms with Gasteiger partial charge in [-0.15, -0.1) is 11.3 Å². The zero-order chi connectivity index (χ0) is 45.2. The summed E-state index contributed by atoms with van der Waals surface area (Å²) in [5, 5.41) is 8.10. The van der Waals surface area contributed by atoms with Crippen molar-refractivity contribution in [2.75, 3.05) is 64.5 Å². The van der Waals surface area contributed by atoms with E-state index < -0.39 is 42.3 Å². The normalized spacial score (nSPS) is 25.7. The molecule has 14 nitrogen and oxygen atoms in total. The van der Waals surface area contributed by atoms with E-state index >= 15 is 0 Å². The number of esters is 1. The number of anilines is 1. The number of cyclic esters (lactones) is 1. The van der Waals surface area contributed by atoms with Gasteiger partial charge < -0.3 is 29.0 Å². The Morgan fingerprint density at radius 3 is 2.56 bits per heavy atom. The number of hydrogen-bond donors (Lipinski definition) is 2. The van der Waals surface area contributed by atoms with E-state index in [1.54, 1.807) is 13.3 Å². The van der Waals surface area contributed by atoms with Gasteiger partial charge in [-0.2, -0.15) is 13.2 Å². The lowest BCUT2D eigenvalue weighted by Gasteiger charge is -2.36. The molecule has 0 spiro atoms. The lowest BCUT2D eigenvalue weighted by atomic mass is 9.84. The minimum Gasteiger partial charge on any atom is -0.489 e. The average molecular weight is 907 g/mol. The van der Waals surface area contributed by atoms with Crippen molar-refractivity contribution in [2.24, 2.45) is 23.2 Å². The summed E-state index contributed by atoms with van der Waals surface area (Å²) in [6, 6.07) is 4.56. The molecule has 344 valence electrons. The van der Waals surface area contributed by atoms with Crippen LogP contribution < -0.4 is 20.4 Å². The number of halogens is 3. The molecule has 6 bridgehead atoms. The fourth-order valence-electron chi connectivity index (χ4n) is 9.93. The first kappa shape index (κ1) is 44.4. The Labute approximate surface area is 374 Å². The predicted octanol–water partition coefficient (Wildman–Crippen LogP) is 6.16. The second-order valence-corrected chi connectivity index (χ2v) is 19.9. The molecule has 9 rings (SSSR count). The van der Waals surface area contributed by atoms with Crippen LogP contribution in [0.25, 0.3) is 33.4 Å². The van der Waals surface area contributed by atoms with Crippen LogP contribution in [0.2, 0.25) is 0 Å². The first-order valence-corrected chi connectivity index (χ1v) is 23.2. The van der Waals surface area contributed by atoms with Crippen LogP contribution in [-0.2, 0) is 43.2 Å². The van der Waals surface area contributed by atoms with E-state index in [0.29, 0.717) is 74.2 Å². The number of carbonyl (C=O) groups excluding carboxylic acids is 3. The number of aromatic nitrogens is 3. The van der Waals surface area contributed by atoms with Gasteiger partial charge >= 0.3 is 12.1 Å². The monoisotopic (exact) mass is 906 g/mol. The summed E-state index contributed by atoms with van der Waals surface area (Å²) in [5.41, 5.74) is 9.27. The molecule has 0 radical (unpaired) electrons. The van der Waals surface area contributed by atoms with Crippen molar-refractivity contribution in [3.05, 3.63) is 46.0 Å². The van der Waals surface area contributed by atoms with Crippen LogP contribution in [0.5, 0.6) is 5.75 Å². The quantitative estimate of drug-likeness (QED) is 0.206. The zero-order valence-corrected chi connectivity index (χ0v) is 38.0. The number of amides is 2. The number of rotatable bonds is 7. The van der Waals surface area contributed by atoms with Gasteiger partial charge in [0.1, 0.15) is 24.4 Å². The summed E-state index contributed by atoms with van der Waals surface area (Å²) in [6.07, 6.45) is -1.17. The zero-order valence-electron chi connectivity index (χ0n) is 37.2. The molecule has 1 saturated carbocycles. The predicted molar refractivity (Wildman–Crippen MR) is 236 cm³/mol. The van der Waals surface area contributed by atoms with E-state index in [-0.39, 0.29) is 55.7 Å². The maximum absolute atomic E-state index is 14.3. The Bertz CT molecular complexity index is 2440. The summed E-state index contributed by atoms with van der Waals surface area (Å²) in [5.74, 6) is 0.0206. The molecular formula is C46H57F3N8O6S. The van der Waals surface area contributed by atoms with E-state index in [1.807, 2.05) is 32.2 Å². The number of benzene rings is 1. The molecule has 5 aliphatic rings. The highest BCUT2D eigenvalue weighted by atomic mass is 32.1. The highest BCUT2D eigenvalue weighted by Crippen LogP contribution is 2.48. The minimum atomic E-state index is -4.27. The molecule has 64 heavy (non-hydrogen) atoms. The van der Waals surface area contributed by atoms with Gasteiger partial charge in [0.25, 0.3) is 5.91 Å². The highest BCUT2D eigenvalue weighted by molar-refractivity contribution is 7.10. The summed E-state index contributed by atoms with van der Waals surface area (Å²) in [6.45, 7) is 12.0. The van der Waals surface area contributed by atoms with E-state index in [2.05, 4.69) is 46.2 Å². The van der Waals surface area contributed by atoms with Gasteiger partial charge in [0.2, 0.25) is 5.91 Å². The standard InChI is InChI=1S/C46H57F3N8O6S/c1-25-26(2)38(25)42(58)52-34-19-37-51-35(22-64-37)28-16-30-32(20-45(4,5)24-63-44(60)33-8-7-9-57(53-33)43(34)59)40(56-14-15-62-36(17-28)41(30)56)31-18-29(21-50-39(31)27(3)61-6)55-12-10-54(11-13-55)23-46(47,48)49/h16-18,21-22,25-27,33-34,38,53H,7-15,19-20,23-24H2,1-6H3,(H,52,58)/t25-,26+,27-,33-,34-,38?/m0/s1. The lowest BCUT2D eigenvalue weighted by Crippen LogP contribution is -2.60. The van der Waals surface area contributed by atoms with Crippen LogP contribution >= 0.6 is 11.3 Å². The SMILES string of the molecule is CO[C@@H](C)c1ncc(N2CCN(CC(F)(F)F)CC2)cc1-c1c2c3cc(cc4c3n1CCO4)-c1csc(n1)C[C@H](NC(=O)C1[C@@H](C)[C@H]1C)C(=O)N1CCC[C@H](N1)C(=O)OCC(C)(C)C2. The Kier molecular flexibility index (Phi) is 12.0. The molecule has 3 aromatic heterocycles. The van der Waals surface area contributed by atoms with Gasteiger partial charge in [-0.05, 0) is 61.8 Å². The third-order valence-electron chi connectivity index (χ3n) is 13.8. The third kappa shape index (κ3) is 8.82. The molecule has 1 aliphatic carbocycles. The van der Waals surface area contributed by atoms with Gasteiger partial charge in [0.15, 0.2) is 0 Å². The van der Waals surface area contributed by atoms with Crippen molar-refractivity contribution in [2.45, 2.75) is 91.2 Å². The van der Waals surface area contributed by atoms with Crippen molar-refractivity contribution in [1.29, 1.82) is 0 Å². The average Bonchev–Trinajstić information content (AvgIpc) is 3.52. The molecule has 1 aromatic carbocycles. The van der Waals surface area contributed by atoms with Gasteiger partial charge in [-0.3, -0.25) is 29.3 Å². The number of hydrazine groups is 1. The second-order valence-electron chi connectivity index (χ2n) is 19.0. The molecule has 2 saturated heterocycles. The van der Waals surface area contributed by atoms with Crippen LogP contribution in [-0.4, -0.2) is 120 Å². The van der Waals surface area contributed by atoms with E-state index in [0.717, 1.165) is 39.0 Å². The largest absolute Gasteiger partial charge is 0.489 e. The van der Waals surface area contributed by atoms with Gasteiger partial charge in [-0.1, -0.05) is 27.7 Å². The minimum absolute atomic E-state index is 0.0842. The molecule has 3 fully saturated rings. The first-order valence-electron chi connectivity index (χ1n) is 22.4. The number of methoxy groups -OCH3 is 1.